The molecule has 0 aliphatic heterocycles. The van der Waals surface area contributed by atoms with Gasteiger partial charge < -0.3 is 14.6 Å². The molecule has 6 nitrogen and oxygen atoms in total. The molecule has 1 saturated carbocycles. The summed E-state index contributed by atoms with van der Waals surface area (Å²) in [5.74, 6) is 0.161. The first-order valence-electron chi connectivity index (χ1n) is 9.93. The van der Waals surface area contributed by atoms with Gasteiger partial charge >= 0.3 is 0 Å². The van der Waals surface area contributed by atoms with Gasteiger partial charge in [-0.05, 0) is 44.0 Å². The predicted octanol–water partition coefficient (Wildman–Crippen LogP) is 4.00. The number of halogens is 1. The monoisotopic (exact) mass is 407 g/mol. The zero-order chi connectivity index (χ0) is 21.1. The first-order chi connectivity index (χ1) is 14.5. The molecule has 3 aromatic rings. The number of carbonyl (C=O) groups excluding carboxylic acids is 1. The number of rotatable bonds is 7. The Kier molecular flexibility index (Phi) is 5.61. The highest BCUT2D eigenvalue weighted by molar-refractivity contribution is 5.95. The van der Waals surface area contributed by atoms with Crippen molar-refractivity contribution < 1.29 is 13.9 Å². The van der Waals surface area contributed by atoms with E-state index in [4.69, 9.17) is 4.74 Å². The van der Waals surface area contributed by atoms with Gasteiger partial charge in [-0.1, -0.05) is 12.1 Å². The maximum absolute atomic E-state index is 13.4. The van der Waals surface area contributed by atoms with Gasteiger partial charge in [-0.2, -0.15) is 0 Å². The normalized spacial score (nSPS) is 13.1. The molecular formula is C23H22FN3O3. The summed E-state index contributed by atoms with van der Waals surface area (Å²) in [6.45, 7) is 2.57. The van der Waals surface area contributed by atoms with E-state index in [9.17, 15) is 14.0 Å². The molecule has 7 heteroatoms. The second-order valence-corrected chi connectivity index (χ2v) is 7.23. The highest BCUT2D eigenvalue weighted by atomic mass is 19.1. The molecule has 4 rings (SSSR count). The van der Waals surface area contributed by atoms with Gasteiger partial charge in [0.15, 0.2) is 0 Å². The minimum atomic E-state index is -0.420. The first-order valence-corrected chi connectivity index (χ1v) is 9.93. The number of carbonyl (C=O) groups is 1. The number of anilines is 1. The Morgan fingerprint density at radius 1 is 1.23 bits per heavy atom. The topological polar surface area (TPSA) is 73.2 Å². The van der Waals surface area contributed by atoms with Gasteiger partial charge in [-0.3, -0.25) is 14.6 Å². The van der Waals surface area contributed by atoms with Gasteiger partial charge in [0.2, 0.25) is 5.91 Å². The Morgan fingerprint density at radius 2 is 2.07 bits per heavy atom. The lowest BCUT2D eigenvalue weighted by atomic mass is 10.0. The summed E-state index contributed by atoms with van der Waals surface area (Å²) >= 11 is 0. The minimum absolute atomic E-state index is 0.0139. The van der Waals surface area contributed by atoms with Crippen LogP contribution in [0.2, 0.25) is 0 Å². The zero-order valence-electron chi connectivity index (χ0n) is 16.6. The molecule has 0 saturated heterocycles. The van der Waals surface area contributed by atoms with Crippen LogP contribution in [0.1, 0.15) is 25.3 Å². The molecule has 2 heterocycles. The molecule has 1 aromatic carbocycles. The van der Waals surface area contributed by atoms with Crippen LogP contribution in [-0.2, 0) is 17.9 Å². The average molecular weight is 407 g/mol. The predicted molar refractivity (Wildman–Crippen MR) is 112 cm³/mol. The summed E-state index contributed by atoms with van der Waals surface area (Å²) in [6, 6.07) is 11.5. The first kappa shape index (κ1) is 19.8. The van der Waals surface area contributed by atoms with Crippen LogP contribution < -0.4 is 15.6 Å². The number of ether oxygens (including phenoxy) is 1. The van der Waals surface area contributed by atoms with E-state index in [0.717, 1.165) is 30.2 Å². The van der Waals surface area contributed by atoms with Crippen LogP contribution in [0.4, 0.5) is 10.1 Å². The molecule has 154 valence electrons. The SMILES string of the molecule is CCn1cc(OCc2c(NC(=O)C3CC3)cccc2-c2ccc(F)cn2)ccc1=O. The lowest BCUT2D eigenvalue weighted by molar-refractivity contribution is -0.117. The zero-order valence-corrected chi connectivity index (χ0v) is 16.6. The van der Waals surface area contributed by atoms with Gasteiger partial charge in [0.1, 0.15) is 18.2 Å². The van der Waals surface area contributed by atoms with Crippen molar-refractivity contribution in [3.8, 4) is 17.0 Å². The van der Waals surface area contributed by atoms with Crippen molar-refractivity contribution in [2.45, 2.75) is 32.9 Å². The number of nitrogens with one attached hydrogen (secondary N) is 1. The quantitative estimate of drug-likeness (QED) is 0.643. The lowest BCUT2D eigenvalue weighted by Gasteiger charge is -2.17. The third-order valence-electron chi connectivity index (χ3n) is 5.07. The summed E-state index contributed by atoms with van der Waals surface area (Å²) in [4.78, 5) is 28.4. The highest BCUT2D eigenvalue weighted by Gasteiger charge is 2.30. The summed E-state index contributed by atoms with van der Waals surface area (Å²) < 4.78 is 20.9. The second kappa shape index (κ2) is 8.49. The Hall–Kier alpha value is -3.48. The van der Waals surface area contributed by atoms with E-state index in [1.54, 1.807) is 22.9 Å². The second-order valence-electron chi connectivity index (χ2n) is 7.23. The van der Waals surface area contributed by atoms with Gasteiger partial charge in [0.25, 0.3) is 5.56 Å². The van der Waals surface area contributed by atoms with Gasteiger partial charge in [0.05, 0.1) is 11.9 Å². The average Bonchev–Trinajstić information content (AvgIpc) is 3.60. The standard InChI is InChI=1S/C23H22FN3O3/c1-2-27-13-17(9-11-22(27)28)30-14-19-18(20-10-8-16(24)12-25-20)4-3-5-21(19)26-23(29)15-6-7-15/h3-5,8-13,15H,2,6-7,14H2,1H3,(H,26,29). The number of nitrogens with zero attached hydrogens (tertiary/aromatic N) is 2. The summed E-state index contributed by atoms with van der Waals surface area (Å²) in [7, 11) is 0. The molecule has 1 aliphatic carbocycles. The fourth-order valence-corrected chi connectivity index (χ4v) is 3.21. The summed E-state index contributed by atoms with van der Waals surface area (Å²) in [5.41, 5.74) is 2.60. The van der Waals surface area contributed by atoms with E-state index < -0.39 is 5.82 Å². The Morgan fingerprint density at radius 3 is 2.77 bits per heavy atom. The number of aromatic nitrogens is 2. The van der Waals surface area contributed by atoms with Crippen molar-refractivity contribution >= 4 is 11.6 Å². The molecular weight excluding hydrogens is 385 g/mol. The minimum Gasteiger partial charge on any atom is -0.487 e. The van der Waals surface area contributed by atoms with Crippen molar-refractivity contribution in [3.05, 3.63) is 76.6 Å². The summed E-state index contributed by atoms with van der Waals surface area (Å²) in [6.07, 6.45) is 4.61. The fourth-order valence-electron chi connectivity index (χ4n) is 3.21. The number of hydrogen-bond acceptors (Lipinski definition) is 4. The molecule has 30 heavy (non-hydrogen) atoms. The van der Waals surface area contributed by atoms with E-state index in [-0.39, 0.29) is 24.0 Å². The summed E-state index contributed by atoms with van der Waals surface area (Å²) in [5, 5.41) is 2.99. The third-order valence-corrected chi connectivity index (χ3v) is 5.07. The largest absolute Gasteiger partial charge is 0.487 e. The maximum Gasteiger partial charge on any atom is 0.250 e. The number of hydrogen-bond donors (Lipinski definition) is 1. The van der Waals surface area contributed by atoms with Gasteiger partial charge in [0, 0.05) is 41.5 Å². The van der Waals surface area contributed by atoms with Gasteiger partial charge in [-0.25, -0.2) is 4.39 Å². The molecule has 1 fully saturated rings. The molecule has 1 amide bonds. The van der Waals surface area contributed by atoms with Crippen LogP contribution in [0, 0.1) is 11.7 Å². The van der Waals surface area contributed by atoms with E-state index in [0.29, 0.717) is 23.7 Å². The molecule has 2 aromatic heterocycles. The lowest BCUT2D eigenvalue weighted by Crippen LogP contribution is -2.18. The van der Waals surface area contributed by atoms with Crippen LogP contribution >= 0.6 is 0 Å². The molecule has 0 spiro atoms. The van der Waals surface area contributed by atoms with E-state index >= 15 is 0 Å². The van der Waals surface area contributed by atoms with Crippen molar-refractivity contribution in [2.75, 3.05) is 5.32 Å². The van der Waals surface area contributed by atoms with E-state index in [1.165, 1.54) is 12.1 Å². The molecule has 0 bridgehead atoms. The molecule has 1 N–H and O–H groups in total. The molecule has 0 unspecified atom stereocenters. The maximum atomic E-state index is 13.4. The fraction of sp³-hybridized carbons (Fsp3) is 0.261. The Balaban J connectivity index is 1.67. The smallest absolute Gasteiger partial charge is 0.250 e. The number of benzene rings is 1. The molecule has 1 aliphatic rings. The van der Waals surface area contributed by atoms with Crippen molar-refractivity contribution in [1.29, 1.82) is 0 Å². The van der Waals surface area contributed by atoms with E-state index in [1.807, 2.05) is 25.1 Å². The van der Waals surface area contributed by atoms with Crippen LogP contribution in [0.5, 0.6) is 5.75 Å². The van der Waals surface area contributed by atoms with Crippen molar-refractivity contribution in [3.63, 3.8) is 0 Å². The van der Waals surface area contributed by atoms with Crippen LogP contribution in [0.25, 0.3) is 11.3 Å². The van der Waals surface area contributed by atoms with Crippen molar-refractivity contribution in [2.24, 2.45) is 5.92 Å². The molecule has 0 atom stereocenters. The Labute approximate surface area is 173 Å². The molecule has 0 radical (unpaired) electrons. The Bertz CT molecular complexity index is 1120. The number of aryl methyl sites for hydroxylation is 1. The van der Waals surface area contributed by atoms with Crippen LogP contribution in [0.3, 0.4) is 0 Å². The van der Waals surface area contributed by atoms with E-state index in [2.05, 4.69) is 10.3 Å². The number of amides is 1. The van der Waals surface area contributed by atoms with Crippen molar-refractivity contribution in [1.82, 2.24) is 9.55 Å². The van der Waals surface area contributed by atoms with Crippen LogP contribution in [0.15, 0.2) is 59.7 Å². The van der Waals surface area contributed by atoms with Gasteiger partial charge in [-0.15, -0.1) is 0 Å². The highest BCUT2D eigenvalue weighted by Crippen LogP contribution is 2.33. The third kappa shape index (κ3) is 4.40. The van der Waals surface area contributed by atoms with Crippen LogP contribution in [-0.4, -0.2) is 15.5 Å². The number of pyridine rings is 2.